The minimum atomic E-state index is -3.43. The highest BCUT2D eigenvalue weighted by atomic mass is 79.9. The molecule has 2 N–H and O–H groups in total. The van der Waals surface area contributed by atoms with Gasteiger partial charge in [0.05, 0.1) is 9.88 Å². The molecule has 1 aliphatic rings. The molecule has 0 atom stereocenters. The first-order chi connectivity index (χ1) is 9.25. The fraction of sp³-hybridized carbons (Fsp3) is 0.462. The number of hydrogen-bond donors (Lipinski definition) is 1. The maximum Gasteiger partial charge on any atom is 0.243 e. The Morgan fingerprint density at radius 3 is 2.25 bits per heavy atom. The Bertz CT molecular complexity index is 606. The van der Waals surface area contributed by atoms with Gasteiger partial charge in [0.15, 0.2) is 0 Å². The maximum absolute atomic E-state index is 12.5. The number of thiocarbonyl (C=S) groups is 1. The summed E-state index contributed by atoms with van der Waals surface area (Å²) in [6.07, 6.45) is 1.33. The molecule has 0 saturated carbocycles. The number of benzene rings is 1. The van der Waals surface area contributed by atoms with Gasteiger partial charge in [0.25, 0.3) is 0 Å². The van der Waals surface area contributed by atoms with Crippen LogP contribution in [0, 0.1) is 5.41 Å². The van der Waals surface area contributed by atoms with Crippen LogP contribution in [-0.4, -0.2) is 30.8 Å². The zero-order valence-electron chi connectivity index (χ0n) is 11.2. The molecule has 1 fully saturated rings. The Labute approximate surface area is 133 Å². The fourth-order valence-corrected chi connectivity index (χ4v) is 4.13. The minimum absolute atomic E-state index is 0.235. The summed E-state index contributed by atoms with van der Waals surface area (Å²) < 4.78 is 27.4. The van der Waals surface area contributed by atoms with E-state index in [1.165, 1.54) is 4.31 Å². The van der Waals surface area contributed by atoms with Crippen molar-refractivity contribution in [1.29, 1.82) is 0 Å². The van der Waals surface area contributed by atoms with Gasteiger partial charge in [-0.05, 0) is 37.1 Å². The molecule has 1 aromatic carbocycles. The van der Waals surface area contributed by atoms with Crippen LogP contribution in [0.25, 0.3) is 0 Å². The summed E-state index contributed by atoms with van der Waals surface area (Å²) in [6, 6.07) is 6.69. The second kappa shape index (κ2) is 5.71. The van der Waals surface area contributed by atoms with Gasteiger partial charge in [0, 0.05) is 23.0 Å². The normalized spacial score (nSPS) is 19.7. The van der Waals surface area contributed by atoms with Crippen molar-refractivity contribution in [3.63, 3.8) is 0 Å². The van der Waals surface area contributed by atoms with Crippen LogP contribution in [0.5, 0.6) is 0 Å². The summed E-state index contributed by atoms with van der Waals surface area (Å²) in [7, 11) is -3.43. The third-order valence-corrected chi connectivity index (χ3v) is 6.81. The molecule has 1 aromatic rings. The largest absolute Gasteiger partial charge is 0.393 e. The van der Waals surface area contributed by atoms with E-state index in [9.17, 15) is 8.42 Å². The van der Waals surface area contributed by atoms with Crippen LogP contribution in [0.15, 0.2) is 33.6 Å². The Morgan fingerprint density at radius 1 is 1.30 bits per heavy atom. The van der Waals surface area contributed by atoms with E-state index in [1.54, 1.807) is 24.3 Å². The molecule has 110 valence electrons. The molecule has 4 nitrogen and oxygen atoms in total. The lowest BCUT2D eigenvalue weighted by molar-refractivity contribution is 0.244. The first-order valence-electron chi connectivity index (χ1n) is 6.31. The van der Waals surface area contributed by atoms with Crippen molar-refractivity contribution in [2.75, 3.05) is 13.1 Å². The summed E-state index contributed by atoms with van der Waals surface area (Å²) in [5, 5.41) is 0. The molecule has 0 spiro atoms. The highest BCUT2D eigenvalue weighted by Gasteiger charge is 2.37. The predicted octanol–water partition coefficient (Wildman–Crippen LogP) is 2.53. The second-order valence-electron chi connectivity index (χ2n) is 5.28. The smallest absolute Gasteiger partial charge is 0.243 e. The van der Waals surface area contributed by atoms with E-state index < -0.39 is 10.0 Å². The quantitative estimate of drug-likeness (QED) is 0.823. The van der Waals surface area contributed by atoms with Gasteiger partial charge in [-0.15, -0.1) is 0 Å². The van der Waals surface area contributed by atoms with Gasteiger partial charge in [-0.3, -0.25) is 0 Å². The first kappa shape index (κ1) is 15.9. The Morgan fingerprint density at radius 2 is 1.80 bits per heavy atom. The zero-order valence-corrected chi connectivity index (χ0v) is 14.4. The highest BCUT2D eigenvalue weighted by Crippen LogP contribution is 2.33. The molecular weight excluding hydrogens is 360 g/mol. The van der Waals surface area contributed by atoms with Gasteiger partial charge in [0.2, 0.25) is 10.0 Å². The summed E-state index contributed by atoms with van der Waals surface area (Å²) in [5.41, 5.74) is 5.51. The van der Waals surface area contributed by atoms with Crippen molar-refractivity contribution < 1.29 is 8.42 Å². The van der Waals surface area contributed by atoms with Crippen LogP contribution in [0.3, 0.4) is 0 Å². The van der Waals surface area contributed by atoms with E-state index in [0.29, 0.717) is 35.8 Å². The third kappa shape index (κ3) is 3.05. The summed E-state index contributed by atoms with van der Waals surface area (Å²) in [4.78, 5) is 0.790. The molecule has 0 radical (unpaired) electrons. The summed E-state index contributed by atoms with van der Waals surface area (Å²) >= 11 is 8.38. The highest BCUT2D eigenvalue weighted by molar-refractivity contribution is 9.10. The van der Waals surface area contributed by atoms with E-state index in [-0.39, 0.29) is 5.41 Å². The van der Waals surface area contributed by atoms with Crippen molar-refractivity contribution >= 4 is 43.2 Å². The molecule has 1 saturated heterocycles. The monoisotopic (exact) mass is 376 g/mol. The van der Waals surface area contributed by atoms with E-state index in [4.69, 9.17) is 18.0 Å². The number of piperidine rings is 1. The molecule has 2 rings (SSSR count). The summed E-state index contributed by atoms with van der Waals surface area (Å²) in [6.45, 7) is 2.90. The molecule has 0 aromatic heterocycles. The molecule has 0 bridgehead atoms. The zero-order chi connectivity index (χ0) is 15.0. The third-order valence-electron chi connectivity index (χ3n) is 3.87. The number of nitrogens with zero attached hydrogens (tertiary/aromatic N) is 1. The van der Waals surface area contributed by atoms with Crippen LogP contribution in [0.2, 0.25) is 0 Å². The SMILES string of the molecule is CC1(C(N)=S)CCN(S(=O)(=O)c2ccc(Br)cc2)CC1. The van der Waals surface area contributed by atoms with Crippen molar-refractivity contribution in [2.45, 2.75) is 24.7 Å². The molecule has 0 amide bonds. The Hall–Kier alpha value is -0.500. The van der Waals surface area contributed by atoms with Gasteiger partial charge < -0.3 is 5.73 Å². The van der Waals surface area contributed by atoms with Gasteiger partial charge in [0.1, 0.15) is 0 Å². The van der Waals surface area contributed by atoms with Crippen LogP contribution in [-0.2, 0) is 10.0 Å². The number of halogens is 1. The van der Waals surface area contributed by atoms with Crippen LogP contribution in [0.1, 0.15) is 19.8 Å². The predicted molar refractivity (Wildman–Crippen MR) is 87.0 cm³/mol. The van der Waals surface area contributed by atoms with Crippen LogP contribution < -0.4 is 5.73 Å². The average molecular weight is 377 g/mol. The average Bonchev–Trinajstić information content (AvgIpc) is 2.39. The maximum atomic E-state index is 12.5. The number of hydrogen-bond acceptors (Lipinski definition) is 3. The molecule has 0 aliphatic carbocycles. The van der Waals surface area contributed by atoms with E-state index >= 15 is 0 Å². The van der Waals surface area contributed by atoms with Crippen molar-refractivity contribution in [1.82, 2.24) is 4.31 Å². The number of nitrogens with two attached hydrogens (primary N) is 1. The molecule has 0 unspecified atom stereocenters. The lowest BCUT2D eigenvalue weighted by atomic mass is 9.81. The van der Waals surface area contributed by atoms with E-state index in [2.05, 4.69) is 15.9 Å². The molecule has 1 heterocycles. The van der Waals surface area contributed by atoms with Gasteiger partial charge >= 0.3 is 0 Å². The molecule has 7 heteroatoms. The van der Waals surface area contributed by atoms with Crippen LogP contribution in [0.4, 0.5) is 0 Å². The second-order valence-corrected chi connectivity index (χ2v) is 8.58. The van der Waals surface area contributed by atoms with Crippen molar-refractivity contribution in [3.8, 4) is 0 Å². The van der Waals surface area contributed by atoms with E-state index in [0.717, 1.165) is 4.47 Å². The topological polar surface area (TPSA) is 63.4 Å². The standard InChI is InChI=1S/C13H17BrN2O2S2/c1-13(12(15)19)6-8-16(9-7-13)20(17,18)11-4-2-10(14)3-5-11/h2-5H,6-9H2,1H3,(H2,15,19). The molecule has 20 heavy (non-hydrogen) atoms. The van der Waals surface area contributed by atoms with Crippen molar-refractivity contribution in [2.24, 2.45) is 11.1 Å². The summed E-state index contributed by atoms with van der Waals surface area (Å²) in [5.74, 6) is 0. The first-order valence-corrected chi connectivity index (χ1v) is 8.95. The Balaban J connectivity index is 2.17. The Kier molecular flexibility index (Phi) is 4.53. The van der Waals surface area contributed by atoms with Gasteiger partial charge in [-0.2, -0.15) is 4.31 Å². The van der Waals surface area contributed by atoms with Crippen molar-refractivity contribution in [3.05, 3.63) is 28.7 Å². The molecular formula is C13H17BrN2O2S2. The fourth-order valence-electron chi connectivity index (χ4n) is 2.22. The molecule has 1 aliphatic heterocycles. The lowest BCUT2D eigenvalue weighted by Crippen LogP contribution is -2.46. The lowest BCUT2D eigenvalue weighted by Gasteiger charge is -2.37. The van der Waals surface area contributed by atoms with Crippen LogP contribution >= 0.6 is 28.1 Å². The van der Waals surface area contributed by atoms with E-state index in [1.807, 2.05) is 6.92 Å². The number of sulfonamides is 1. The van der Waals surface area contributed by atoms with Gasteiger partial charge in [-0.1, -0.05) is 35.1 Å². The number of rotatable bonds is 3. The van der Waals surface area contributed by atoms with Gasteiger partial charge in [-0.25, -0.2) is 8.42 Å². The minimum Gasteiger partial charge on any atom is -0.393 e.